The van der Waals surface area contributed by atoms with Crippen molar-refractivity contribution in [2.45, 2.75) is 26.8 Å². The van der Waals surface area contributed by atoms with Gasteiger partial charge in [-0.15, -0.1) is 0 Å². The van der Waals surface area contributed by atoms with Gasteiger partial charge in [-0.3, -0.25) is 4.79 Å². The number of nitrogens with one attached hydrogen (secondary N) is 1. The molecule has 0 aromatic heterocycles. The molecule has 0 fully saturated rings. The number of amides is 1. The van der Waals surface area contributed by atoms with E-state index in [0.717, 1.165) is 9.13 Å². The molecule has 0 heterocycles. The summed E-state index contributed by atoms with van der Waals surface area (Å²) in [6.07, 6.45) is 0. The van der Waals surface area contributed by atoms with Crippen LogP contribution in [0.3, 0.4) is 0 Å². The Bertz CT molecular complexity index is 471. The number of rotatable bonds is 4. The predicted octanol–water partition coefficient (Wildman–Crippen LogP) is 2.44. The summed E-state index contributed by atoms with van der Waals surface area (Å²) >= 11 is 2.15. The zero-order chi connectivity index (χ0) is 13.9. The lowest BCUT2D eigenvalue weighted by Crippen LogP contribution is -2.44. The van der Waals surface area contributed by atoms with Gasteiger partial charge in [0, 0.05) is 9.13 Å². The van der Waals surface area contributed by atoms with Gasteiger partial charge >= 0.3 is 5.97 Å². The number of halogens is 1. The molecule has 18 heavy (non-hydrogen) atoms. The molecule has 1 rings (SSSR count). The van der Waals surface area contributed by atoms with Crippen molar-refractivity contribution in [1.82, 2.24) is 5.32 Å². The van der Waals surface area contributed by atoms with Gasteiger partial charge in [0.2, 0.25) is 0 Å². The van der Waals surface area contributed by atoms with E-state index < -0.39 is 12.0 Å². The lowest BCUT2D eigenvalue weighted by atomic mass is 10.0. The van der Waals surface area contributed by atoms with Gasteiger partial charge < -0.3 is 10.4 Å². The van der Waals surface area contributed by atoms with Gasteiger partial charge in [0.25, 0.3) is 5.91 Å². The van der Waals surface area contributed by atoms with Gasteiger partial charge in [-0.05, 0) is 53.1 Å². The normalized spacial score (nSPS) is 12.3. The Morgan fingerprint density at radius 1 is 1.33 bits per heavy atom. The highest BCUT2D eigenvalue weighted by atomic mass is 127. The Kier molecular flexibility index (Phi) is 5.13. The van der Waals surface area contributed by atoms with Crippen LogP contribution in [-0.2, 0) is 4.79 Å². The Labute approximate surface area is 120 Å². The van der Waals surface area contributed by atoms with E-state index in [-0.39, 0.29) is 11.8 Å². The fourth-order valence-electron chi connectivity index (χ4n) is 1.47. The smallest absolute Gasteiger partial charge is 0.326 e. The molecule has 0 aliphatic heterocycles. The molecule has 98 valence electrons. The maximum atomic E-state index is 11.9. The second-order valence-corrected chi connectivity index (χ2v) is 5.66. The molecule has 0 spiro atoms. The maximum absolute atomic E-state index is 11.9. The number of hydrogen-bond donors (Lipinski definition) is 2. The van der Waals surface area contributed by atoms with Gasteiger partial charge in [0.05, 0.1) is 0 Å². The first-order valence-electron chi connectivity index (χ1n) is 5.62. The predicted molar refractivity (Wildman–Crippen MR) is 77.6 cm³/mol. The summed E-state index contributed by atoms with van der Waals surface area (Å²) in [6.45, 7) is 5.48. The zero-order valence-corrected chi connectivity index (χ0v) is 12.7. The van der Waals surface area contributed by atoms with Crippen molar-refractivity contribution in [3.05, 3.63) is 32.9 Å². The highest BCUT2D eigenvalue weighted by Crippen LogP contribution is 2.14. The number of aliphatic carboxylic acids is 1. The second-order valence-electron chi connectivity index (χ2n) is 4.50. The minimum atomic E-state index is -1.01. The van der Waals surface area contributed by atoms with Crippen molar-refractivity contribution < 1.29 is 14.7 Å². The molecule has 0 bridgehead atoms. The molecular formula is C13H16INO3. The molecule has 0 aliphatic rings. The number of benzene rings is 1. The van der Waals surface area contributed by atoms with E-state index in [1.54, 1.807) is 26.0 Å². The van der Waals surface area contributed by atoms with Crippen molar-refractivity contribution in [1.29, 1.82) is 0 Å². The number of hydrogen-bond acceptors (Lipinski definition) is 2. The van der Waals surface area contributed by atoms with Gasteiger partial charge in [0.15, 0.2) is 0 Å². The topological polar surface area (TPSA) is 66.4 Å². The van der Waals surface area contributed by atoms with Crippen LogP contribution in [0, 0.1) is 16.4 Å². The molecule has 1 amide bonds. The van der Waals surface area contributed by atoms with Gasteiger partial charge in [0.1, 0.15) is 6.04 Å². The van der Waals surface area contributed by atoms with Gasteiger partial charge in [-0.25, -0.2) is 4.79 Å². The lowest BCUT2D eigenvalue weighted by Gasteiger charge is -2.18. The maximum Gasteiger partial charge on any atom is 0.326 e. The molecule has 0 saturated heterocycles. The third-order valence-corrected chi connectivity index (χ3v) is 3.82. The Morgan fingerprint density at radius 3 is 2.39 bits per heavy atom. The van der Waals surface area contributed by atoms with Crippen LogP contribution >= 0.6 is 22.6 Å². The fourth-order valence-corrected chi connectivity index (χ4v) is 1.99. The Hall–Kier alpha value is -1.11. The quantitative estimate of drug-likeness (QED) is 0.810. The molecule has 1 aromatic carbocycles. The molecule has 0 saturated carbocycles. The molecule has 0 aliphatic carbocycles. The first-order valence-corrected chi connectivity index (χ1v) is 6.70. The van der Waals surface area contributed by atoms with Crippen molar-refractivity contribution in [2.75, 3.05) is 0 Å². The van der Waals surface area contributed by atoms with E-state index in [0.29, 0.717) is 5.56 Å². The second kappa shape index (κ2) is 6.17. The van der Waals surface area contributed by atoms with Crippen LogP contribution in [-0.4, -0.2) is 23.0 Å². The zero-order valence-electron chi connectivity index (χ0n) is 10.5. The van der Waals surface area contributed by atoms with E-state index in [4.69, 9.17) is 5.11 Å². The standard InChI is InChI=1S/C13H16INO3/c1-7(2)11(13(17)18)15-12(16)9-5-4-8(3)10(14)6-9/h4-7,11H,1-3H3,(H,15,16)(H,17,18). The van der Waals surface area contributed by atoms with Crippen LogP contribution in [0.2, 0.25) is 0 Å². The van der Waals surface area contributed by atoms with Crippen LogP contribution in [0.1, 0.15) is 29.8 Å². The van der Waals surface area contributed by atoms with Gasteiger partial charge in [-0.2, -0.15) is 0 Å². The lowest BCUT2D eigenvalue weighted by molar-refractivity contribution is -0.140. The molecule has 1 aromatic rings. The fraction of sp³-hybridized carbons (Fsp3) is 0.385. The molecule has 1 unspecified atom stereocenters. The number of carbonyl (C=O) groups is 2. The van der Waals surface area contributed by atoms with Crippen LogP contribution in [0.5, 0.6) is 0 Å². The molecule has 1 atom stereocenters. The van der Waals surface area contributed by atoms with E-state index in [1.807, 2.05) is 13.0 Å². The molecular weight excluding hydrogens is 345 g/mol. The molecule has 4 nitrogen and oxygen atoms in total. The summed E-state index contributed by atoms with van der Waals surface area (Å²) in [7, 11) is 0. The highest BCUT2D eigenvalue weighted by molar-refractivity contribution is 14.1. The average molecular weight is 361 g/mol. The summed E-state index contributed by atoms with van der Waals surface area (Å²) in [5.41, 5.74) is 1.57. The van der Waals surface area contributed by atoms with Crippen molar-refractivity contribution in [3.8, 4) is 0 Å². The SMILES string of the molecule is Cc1ccc(C(=O)NC(C(=O)O)C(C)C)cc1I. The van der Waals surface area contributed by atoms with Crippen molar-refractivity contribution in [3.63, 3.8) is 0 Å². The van der Waals surface area contributed by atoms with Crippen LogP contribution in [0.4, 0.5) is 0 Å². The summed E-state index contributed by atoms with van der Waals surface area (Å²) in [4.78, 5) is 23.0. The van der Waals surface area contributed by atoms with Crippen LogP contribution < -0.4 is 5.32 Å². The van der Waals surface area contributed by atoms with Crippen molar-refractivity contribution in [2.24, 2.45) is 5.92 Å². The van der Waals surface area contributed by atoms with E-state index >= 15 is 0 Å². The monoisotopic (exact) mass is 361 g/mol. The first-order chi connectivity index (χ1) is 8.32. The third kappa shape index (κ3) is 3.69. The molecule has 2 N–H and O–H groups in total. The number of aryl methyl sites for hydroxylation is 1. The summed E-state index contributed by atoms with van der Waals surface area (Å²) < 4.78 is 0.983. The Balaban J connectivity index is 2.87. The summed E-state index contributed by atoms with van der Waals surface area (Å²) in [5.74, 6) is -1.52. The minimum absolute atomic E-state index is 0.157. The highest BCUT2D eigenvalue weighted by Gasteiger charge is 2.23. The van der Waals surface area contributed by atoms with E-state index in [2.05, 4.69) is 27.9 Å². The largest absolute Gasteiger partial charge is 0.480 e. The van der Waals surface area contributed by atoms with Crippen LogP contribution in [0.25, 0.3) is 0 Å². The van der Waals surface area contributed by atoms with E-state index in [1.165, 1.54) is 0 Å². The molecule has 0 radical (unpaired) electrons. The first kappa shape index (κ1) is 14.9. The summed E-state index contributed by atoms with van der Waals surface area (Å²) in [5, 5.41) is 11.6. The van der Waals surface area contributed by atoms with Crippen LogP contribution in [0.15, 0.2) is 18.2 Å². The van der Waals surface area contributed by atoms with Crippen molar-refractivity contribution >= 4 is 34.5 Å². The Morgan fingerprint density at radius 2 is 1.94 bits per heavy atom. The number of carboxylic acid groups (broad SMARTS) is 1. The average Bonchev–Trinajstić information content (AvgIpc) is 2.28. The number of carboxylic acids is 1. The third-order valence-electron chi connectivity index (χ3n) is 2.65. The van der Waals surface area contributed by atoms with Gasteiger partial charge in [-0.1, -0.05) is 19.9 Å². The minimum Gasteiger partial charge on any atom is -0.480 e. The number of carbonyl (C=O) groups excluding carboxylic acids is 1. The van der Waals surface area contributed by atoms with E-state index in [9.17, 15) is 9.59 Å². The molecule has 5 heteroatoms. The summed E-state index contributed by atoms with van der Waals surface area (Å²) in [6, 6.07) is 4.44.